The molecule has 3 rings (SSSR count). The first-order valence-electron chi connectivity index (χ1n) is 7.78. The molecule has 0 saturated heterocycles. The number of benzene rings is 2. The van der Waals surface area contributed by atoms with E-state index in [0.29, 0.717) is 0 Å². The summed E-state index contributed by atoms with van der Waals surface area (Å²) in [6.07, 6.45) is 0. The second kappa shape index (κ2) is 5.88. The number of hydrogen-bond donors (Lipinski definition) is 0. The highest BCUT2D eigenvalue weighted by Gasteiger charge is 2.14. The molecule has 0 unspecified atom stereocenters. The van der Waals surface area contributed by atoms with Gasteiger partial charge in [-0.1, -0.05) is 30.3 Å². The second-order valence-electron chi connectivity index (χ2n) is 6.17. The van der Waals surface area contributed by atoms with Gasteiger partial charge in [0, 0.05) is 36.8 Å². The Bertz CT molecular complexity index is 896. The molecule has 1 aromatic heterocycles. The number of anilines is 1. The average Bonchev–Trinajstić information content (AvgIpc) is 2.53. The number of fused-ring (bicyclic) bond motifs is 1. The molecule has 0 atom stereocenters. The summed E-state index contributed by atoms with van der Waals surface area (Å²) in [5.74, 6) is 0. The van der Waals surface area contributed by atoms with Crippen molar-refractivity contribution >= 4 is 16.6 Å². The van der Waals surface area contributed by atoms with Crippen LogP contribution in [-0.2, 0) is 0 Å². The third-order valence-corrected chi connectivity index (χ3v) is 3.99. The van der Waals surface area contributed by atoms with Gasteiger partial charge in [-0.25, -0.2) is 4.79 Å². The summed E-state index contributed by atoms with van der Waals surface area (Å²) in [7, 11) is 4.00. The van der Waals surface area contributed by atoms with Gasteiger partial charge in [-0.2, -0.15) is 4.98 Å². The highest BCUT2D eigenvalue weighted by molar-refractivity contribution is 5.94. The molecule has 23 heavy (non-hydrogen) atoms. The predicted molar refractivity (Wildman–Crippen MR) is 96.2 cm³/mol. The quantitative estimate of drug-likeness (QED) is 0.740. The molecule has 3 aromatic rings. The summed E-state index contributed by atoms with van der Waals surface area (Å²) in [4.78, 5) is 19.0. The van der Waals surface area contributed by atoms with Crippen LogP contribution < -0.4 is 10.6 Å². The monoisotopic (exact) mass is 307 g/mol. The number of aromatic nitrogens is 2. The van der Waals surface area contributed by atoms with Crippen molar-refractivity contribution in [2.75, 3.05) is 19.0 Å². The molecule has 2 aromatic carbocycles. The van der Waals surface area contributed by atoms with Crippen molar-refractivity contribution in [2.45, 2.75) is 19.9 Å². The van der Waals surface area contributed by atoms with Crippen molar-refractivity contribution in [3.05, 3.63) is 59.0 Å². The summed E-state index contributed by atoms with van der Waals surface area (Å²) in [6.45, 7) is 4.01. The molecule has 0 radical (unpaired) electrons. The molecule has 0 fully saturated rings. The third-order valence-electron chi connectivity index (χ3n) is 3.99. The molecule has 0 aliphatic carbocycles. The summed E-state index contributed by atoms with van der Waals surface area (Å²) in [6, 6.07) is 16.1. The smallest absolute Gasteiger partial charge is 0.348 e. The van der Waals surface area contributed by atoms with Gasteiger partial charge in [0.15, 0.2) is 0 Å². The summed E-state index contributed by atoms with van der Waals surface area (Å²) in [5, 5.41) is 0.995. The number of hydrogen-bond acceptors (Lipinski definition) is 3. The Morgan fingerprint density at radius 1 is 1.04 bits per heavy atom. The van der Waals surface area contributed by atoms with E-state index < -0.39 is 0 Å². The van der Waals surface area contributed by atoms with E-state index in [1.54, 1.807) is 4.57 Å². The Kier molecular flexibility index (Phi) is 3.90. The van der Waals surface area contributed by atoms with E-state index in [1.165, 1.54) is 0 Å². The van der Waals surface area contributed by atoms with Gasteiger partial charge in [0.2, 0.25) is 0 Å². The van der Waals surface area contributed by atoms with Crippen LogP contribution in [-0.4, -0.2) is 23.6 Å². The van der Waals surface area contributed by atoms with Gasteiger partial charge in [-0.15, -0.1) is 0 Å². The van der Waals surface area contributed by atoms with Crippen LogP contribution in [0.5, 0.6) is 0 Å². The lowest BCUT2D eigenvalue weighted by atomic mass is 10.1. The predicted octanol–water partition coefficient (Wildman–Crippen LogP) is 3.71. The number of nitrogens with zero attached hydrogens (tertiary/aromatic N) is 3. The molecular weight excluding hydrogens is 286 g/mol. The van der Waals surface area contributed by atoms with Crippen molar-refractivity contribution in [2.24, 2.45) is 0 Å². The van der Waals surface area contributed by atoms with Gasteiger partial charge in [-0.3, -0.25) is 4.57 Å². The maximum atomic E-state index is 12.6. The lowest BCUT2D eigenvalue weighted by Crippen LogP contribution is -2.25. The highest BCUT2D eigenvalue weighted by Crippen LogP contribution is 2.29. The first-order valence-corrected chi connectivity index (χ1v) is 7.78. The van der Waals surface area contributed by atoms with E-state index in [4.69, 9.17) is 0 Å². The molecule has 0 saturated carbocycles. The molecule has 118 valence electrons. The minimum Gasteiger partial charge on any atom is -0.378 e. The number of rotatable bonds is 3. The van der Waals surface area contributed by atoms with Crippen LogP contribution in [0.25, 0.3) is 22.2 Å². The van der Waals surface area contributed by atoms with Gasteiger partial charge < -0.3 is 4.90 Å². The zero-order valence-electron chi connectivity index (χ0n) is 13.9. The van der Waals surface area contributed by atoms with Crippen LogP contribution >= 0.6 is 0 Å². The zero-order chi connectivity index (χ0) is 16.6. The van der Waals surface area contributed by atoms with Crippen LogP contribution in [0.1, 0.15) is 19.9 Å². The Morgan fingerprint density at radius 3 is 2.35 bits per heavy atom. The fourth-order valence-electron chi connectivity index (χ4n) is 2.83. The molecule has 0 N–H and O–H groups in total. The van der Waals surface area contributed by atoms with E-state index in [2.05, 4.69) is 23.2 Å². The van der Waals surface area contributed by atoms with Crippen molar-refractivity contribution in [1.29, 1.82) is 0 Å². The largest absolute Gasteiger partial charge is 0.378 e. The first-order chi connectivity index (χ1) is 11.0. The van der Waals surface area contributed by atoms with E-state index >= 15 is 0 Å². The molecular formula is C19H21N3O. The maximum Gasteiger partial charge on any atom is 0.348 e. The first kappa shape index (κ1) is 15.3. The van der Waals surface area contributed by atoms with Gasteiger partial charge >= 0.3 is 5.69 Å². The van der Waals surface area contributed by atoms with Gasteiger partial charge in [0.1, 0.15) is 0 Å². The SMILES string of the molecule is CC(C)n1c(=O)nc(-c2ccccc2)c2ccc(N(C)C)cc21. The molecule has 0 bridgehead atoms. The van der Waals surface area contributed by atoms with Crippen molar-refractivity contribution in [3.63, 3.8) is 0 Å². The lowest BCUT2D eigenvalue weighted by Gasteiger charge is -2.19. The lowest BCUT2D eigenvalue weighted by molar-refractivity contribution is 0.587. The molecule has 0 spiro atoms. The van der Waals surface area contributed by atoms with Gasteiger partial charge in [-0.05, 0) is 32.0 Å². The minimum absolute atomic E-state index is 0.0553. The topological polar surface area (TPSA) is 38.1 Å². The fourth-order valence-corrected chi connectivity index (χ4v) is 2.83. The molecule has 4 heteroatoms. The van der Waals surface area contributed by atoms with Crippen LogP contribution in [0.4, 0.5) is 5.69 Å². The van der Waals surface area contributed by atoms with Crippen molar-refractivity contribution in [1.82, 2.24) is 9.55 Å². The Morgan fingerprint density at radius 2 is 1.74 bits per heavy atom. The Labute approximate surface area is 136 Å². The summed E-state index contributed by atoms with van der Waals surface area (Å²) >= 11 is 0. The second-order valence-corrected chi connectivity index (χ2v) is 6.17. The summed E-state index contributed by atoms with van der Waals surface area (Å²) < 4.78 is 1.76. The van der Waals surface area contributed by atoms with E-state index in [-0.39, 0.29) is 11.7 Å². The molecule has 4 nitrogen and oxygen atoms in total. The standard InChI is InChI=1S/C19H21N3O/c1-13(2)22-17-12-15(21(3)4)10-11-16(17)18(20-19(22)23)14-8-6-5-7-9-14/h5-13H,1-4H3. The molecule has 1 heterocycles. The molecule has 0 amide bonds. The van der Waals surface area contributed by atoms with E-state index in [1.807, 2.05) is 63.2 Å². The van der Waals surface area contributed by atoms with Crippen LogP contribution in [0, 0.1) is 0 Å². The normalized spacial score (nSPS) is 11.2. The Balaban J connectivity index is 2.41. The fraction of sp³-hybridized carbons (Fsp3) is 0.263. The van der Waals surface area contributed by atoms with E-state index in [0.717, 1.165) is 27.8 Å². The Hall–Kier alpha value is -2.62. The van der Waals surface area contributed by atoms with Crippen LogP contribution in [0.3, 0.4) is 0 Å². The van der Waals surface area contributed by atoms with E-state index in [9.17, 15) is 4.79 Å². The molecule has 0 aliphatic heterocycles. The summed E-state index contributed by atoms with van der Waals surface area (Å²) in [5.41, 5.74) is 3.49. The average molecular weight is 307 g/mol. The maximum absolute atomic E-state index is 12.6. The van der Waals surface area contributed by atoms with Gasteiger partial charge in [0.05, 0.1) is 11.2 Å². The molecule has 0 aliphatic rings. The van der Waals surface area contributed by atoms with Crippen LogP contribution in [0.2, 0.25) is 0 Å². The zero-order valence-corrected chi connectivity index (χ0v) is 13.9. The van der Waals surface area contributed by atoms with Crippen molar-refractivity contribution < 1.29 is 0 Å². The van der Waals surface area contributed by atoms with Gasteiger partial charge in [0.25, 0.3) is 0 Å². The minimum atomic E-state index is -0.206. The highest BCUT2D eigenvalue weighted by atomic mass is 16.1. The third kappa shape index (κ3) is 2.72. The van der Waals surface area contributed by atoms with Crippen molar-refractivity contribution in [3.8, 4) is 11.3 Å². The van der Waals surface area contributed by atoms with Crippen LogP contribution in [0.15, 0.2) is 53.3 Å².